The van der Waals surface area contributed by atoms with E-state index in [-0.39, 0.29) is 58.1 Å². The van der Waals surface area contributed by atoms with Crippen LogP contribution >= 0.6 is 20.6 Å². The Labute approximate surface area is 416 Å². The van der Waals surface area contributed by atoms with E-state index in [1.165, 1.54) is 30.3 Å². The molecule has 0 aliphatic carbocycles. The Hall–Kier alpha value is -4.01. The number of hydrogen-bond acceptors (Lipinski definition) is 8. The molecule has 2 saturated heterocycles. The van der Waals surface area contributed by atoms with E-state index in [1.807, 2.05) is 31.2 Å². The molecule has 4 aromatic rings. The van der Waals surface area contributed by atoms with Crippen LogP contribution in [0.4, 0.5) is 87.8 Å². The lowest BCUT2D eigenvalue weighted by Crippen LogP contribution is -2.75. The standard InChI is InChI=1S/C26H23F17O4S2.C17H17F3O4S2/c1-2-3-12-46-17-10-11-18(16-9-5-4-8-15(16)17)48(13-6-7-14-48)47-49(44,45)26(42,43)24(37,38)22(33,34)20(29,30)19(27,28)21(31,32)23(35,36)25(39,40)41;18-17(19,20)26(22,23)24-25(9-3-4-10-25)12-16(21)15-8-7-13-5-1-2-6-14(13)11-15/h4-5,8-11H,2-3,6-7,12-14H2,1H3;1-2,5-8,11H,3-4,9-10,12H2. The molecule has 2 heterocycles. The van der Waals surface area contributed by atoms with Crippen LogP contribution in [0, 0.1) is 0 Å². The van der Waals surface area contributed by atoms with Crippen molar-refractivity contribution in [2.45, 2.75) is 103 Å². The van der Waals surface area contributed by atoms with Gasteiger partial charge in [-0.1, -0.05) is 84.3 Å². The zero-order valence-corrected chi connectivity index (χ0v) is 41.2. The summed E-state index contributed by atoms with van der Waals surface area (Å²) in [4.78, 5) is 12.4. The highest BCUT2D eigenvalue weighted by molar-refractivity contribution is 8.34. The van der Waals surface area contributed by atoms with Gasteiger partial charge in [0, 0.05) is 38.9 Å². The molecule has 0 saturated carbocycles. The minimum Gasteiger partial charge on any atom is -0.493 e. The fourth-order valence-corrected chi connectivity index (χ4v) is 18.7. The molecule has 6 rings (SSSR count). The van der Waals surface area contributed by atoms with Crippen molar-refractivity contribution in [3.63, 3.8) is 0 Å². The van der Waals surface area contributed by atoms with Gasteiger partial charge in [0.05, 0.1) is 12.4 Å². The summed E-state index contributed by atoms with van der Waals surface area (Å²) >= 11 is 0. The number of fused-ring (bicyclic) bond motifs is 2. The minimum absolute atomic E-state index is 0.00278. The zero-order chi connectivity index (χ0) is 56.9. The van der Waals surface area contributed by atoms with Crippen LogP contribution in [0.5, 0.6) is 5.75 Å². The second-order valence-corrected chi connectivity index (χ2v) is 26.7. The number of ketones is 1. The number of carbonyl (C=O) groups is 1. The number of carbonyl (C=O) groups excluding carboxylic acids is 1. The summed E-state index contributed by atoms with van der Waals surface area (Å²) in [7, 11) is -20.0. The molecule has 0 bridgehead atoms. The lowest BCUT2D eigenvalue weighted by atomic mass is 9.91. The van der Waals surface area contributed by atoms with Gasteiger partial charge in [0.25, 0.3) is 0 Å². The number of ether oxygens (including phenoxy) is 1. The molecule has 0 N–H and O–H groups in total. The number of benzene rings is 4. The lowest BCUT2D eigenvalue weighted by Gasteiger charge is -2.43. The lowest BCUT2D eigenvalue weighted by molar-refractivity contribution is -0.458. The van der Waals surface area contributed by atoms with Crippen LogP contribution in [-0.2, 0) is 27.5 Å². The highest BCUT2D eigenvalue weighted by Gasteiger charge is 2.96. The zero-order valence-electron chi connectivity index (χ0n) is 37.9. The summed E-state index contributed by atoms with van der Waals surface area (Å²) < 4.78 is 335. The molecule has 0 aromatic heterocycles. The molecule has 8 nitrogen and oxygen atoms in total. The summed E-state index contributed by atoms with van der Waals surface area (Å²) in [6.07, 6.45) is -5.75. The van der Waals surface area contributed by atoms with Gasteiger partial charge in [0.1, 0.15) is 5.75 Å². The summed E-state index contributed by atoms with van der Waals surface area (Å²) in [5.41, 5.74) is -5.14. The number of unbranched alkanes of at least 4 members (excludes halogenated alkanes) is 1. The third-order valence-electron chi connectivity index (χ3n) is 11.7. The van der Waals surface area contributed by atoms with E-state index in [1.54, 1.807) is 18.2 Å². The van der Waals surface area contributed by atoms with E-state index in [0.717, 1.165) is 16.8 Å². The third kappa shape index (κ3) is 11.1. The van der Waals surface area contributed by atoms with Crippen molar-refractivity contribution < 1.29 is 121 Å². The normalized spacial score (nSPS) is 18.4. The van der Waals surface area contributed by atoms with Crippen LogP contribution in [0.15, 0.2) is 83.8 Å². The van der Waals surface area contributed by atoms with Crippen molar-refractivity contribution in [3.05, 3.63) is 84.4 Å². The molecular formula is C43H40F20O8S4. The van der Waals surface area contributed by atoms with Crippen molar-refractivity contribution >= 4 is 68.2 Å². The van der Waals surface area contributed by atoms with Gasteiger partial charge < -0.3 is 4.74 Å². The Bertz CT molecular complexity index is 2940. The average Bonchev–Trinajstić information content (AvgIpc) is 3.97. The van der Waals surface area contributed by atoms with Gasteiger partial charge in [-0.15, -0.1) is 10.3 Å². The van der Waals surface area contributed by atoms with Crippen LogP contribution in [0.25, 0.3) is 21.5 Å². The maximum atomic E-state index is 15.0. The summed E-state index contributed by atoms with van der Waals surface area (Å²) in [6, 6.07) is 20.1. The Kier molecular flexibility index (Phi) is 17.3. The minimum atomic E-state index is -8.91. The first kappa shape index (κ1) is 61.8. The molecular weight excluding hydrogens is 1150 g/mol. The van der Waals surface area contributed by atoms with E-state index in [0.29, 0.717) is 31.2 Å². The molecule has 0 unspecified atom stereocenters. The van der Waals surface area contributed by atoms with Gasteiger partial charge in [0.2, 0.25) is 0 Å². The monoisotopic (exact) mass is 1190 g/mol. The highest BCUT2D eigenvalue weighted by Crippen LogP contribution is 2.69. The number of Topliss-reactive ketones (excluding diaryl/α,β-unsaturated/α-hetero) is 1. The van der Waals surface area contributed by atoms with E-state index >= 15 is 0 Å². The van der Waals surface area contributed by atoms with Crippen LogP contribution in [0.2, 0.25) is 0 Å². The Morgan fingerprint density at radius 1 is 0.533 bits per heavy atom. The van der Waals surface area contributed by atoms with Crippen molar-refractivity contribution in [2.75, 3.05) is 35.4 Å². The fraction of sp³-hybridized carbons (Fsp3) is 0.512. The largest absolute Gasteiger partial charge is 0.523 e. The van der Waals surface area contributed by atoms with E-state index in [4.69, 9.17) is 4.74 Å². The van der Waals surface area contributed by atoms with Gasteiger partial charge in [-0.05, 0) is 66.5 Å². The summed E-state index contributed by atoms with van der Waals surface area (Å²) in [5, 5.41) is -5.80. The van der Waals surface area contributed by atoms with E-state index in [2.05, 4.69) is 7.26 Å². The molecule has 0 radical (unpaired) electrons. The van der Waals surface area contributed by atoms with Crippen molar-refractivity contribution in [1.82, 2.24) is 0 Å². The van der Waals surface area contributed by atoms with Gasteiger partial charge in [0.15, 0.2) is 5.78 Å². The average molecular weight is 1190 g/mol. The second-order valence-electron chi connectivity index (χ2n) is 16.9. The molecule has 0 atom stereocenters. The summed E-state index contributed by atoms with van der Waals surface area (Å²) in [6.45, 7) is 1.97. The van der Waals surface area contributed by atoms with E-state index < -0.39 is 111 Å². The van der Waals surface area contributed by atoms with Crippen LogP contribution in [0.1, 0.15) is 55.8 Å². The predicted molar refractivity (Wildman–Crippen MR) is 236 cm³/mol. The van der Waals surface area contributed by atoms with Crippen molar-refractivity contribution in [1.29, 1.82) is 0 Å². The predicted octanol–water partition coefficient (Wildman–Crippen LogP) is 14.6. The first-order valence-corrected chi connectivity index (χ1v) is 28.3. The number of halogens is 20. The molecule has 4 aromatic carbocycles. The summed E-state index contributed by atoms with van der Waals surface area (Å²) in [5.74, 6) is -53.4. The quantitative estimate of drug-likeness (QED) is 0.0395. The van der Waals surface area contributed by atoms with Crippen molar-refractivity contribution in [3.8, 4) is 5.75 Å². The van der Waals surface area contributed by atoms with Crippen LogP contribution in [0.3, 0.4) is 0 Å². The van der Waals surface area contributed by atoms with Gasteiger partial charge in [-0.2, -0.15) is 105 Å². The Balaban J connectivity index is 0.000000334. The van der Waals surface area contributed by atoms with E-state index in [9.17, 15) is 109 Å². The number of rotatable bonds is 19. The maximum Gasteiger partial charge on any atom is 0.523 e. The Morgan fingerprint density at radius 2 is 1.01 bits per heavy atom. The van der Waals surface area contributed by atoms with Crippen molar-refractivity contribution in [2.24, 2.45) is 0 Å². The first-order chi connectivity index (χ1) is 34.1. The molecule has 0 amide bonds. The molecule has 2 aliphatic rings. The van der Waals surface area contributed by atoms with Crippen LogP contribution < -0.4 is 4.74 Å². The fourth-order valence-electron chi connectivity index (χ4n) is 7.62. The van der Waals surface area contributed by atoms with Gasteiger partial charge >= 0.3 is 72.7 Å². The smallest absolute Gasteiger partial charge is 0.493 e. The topological polar surface area (TPSA) is 113 Å². The van der Waals surface area contributed by atoms with Crippen LogP contribution in [-0.4, -0.2) is 110 Å². The number of alkyl halides is 20. The second kappa shape index (κ2) is 21.0. The number of hydrogen-bond donors (Lipinski definition) is 0. The molecule has 32 heteroatoms. The molecule has 0 spiro atoms. The molecule has 2 fully saturated rings. The Morgan fingerprint density at radius 3 is 1.53 bits per heavy atom. The first-order valence-electron chi connectivity index (χ1n) is 21.5. The molecule has 75 heavy (non-hydrogen) atoms. The van der Waals surface area contributed by atoms with Gasteiger partial charge in [-0.3, -0.25) is 4.79 Å². The van der Waals surface area contributed by atoms with Gasteiger partial charge in [-0.25, -0.2) is 7.26 Å². The third-order valence-corrected chi connectivity index (χ3v) is 22.7. The molecule has 424 valence electrons. The SMILES string of the molecule is CCCCOc1ccc(S2(OS(=O)(=O)C(F)(F)C(F)(F)C(F)(F)C(F)(F)C(F)(F)C(F)(F)C(F)(F)C(F)(F)F)CCCC2)c2ccccc12.O=C(CS1(OS(=O)(=O)C(F)(F)F)CCCC1)c1ccc2ccccc2c1. The highest BCUT2D eigenvalue weighted by atomic mass is 32.3. The molecule has 2 aliphatic heterocycles. The maximum absolute atomic E-state index is 15.0.